The number of rotatable bonds is 6. The van der Waals surface area contributed by atoms with Gasteiger partial charge in [0.15, 0.2) is 5.41 Å². The molecule has 0 fully saturated rings. The minimum absolute atomic E-state index is 0.263. The molecule has 0 heterocycles. The lowest BCUT2D eigenvalue weighted by Gasteiger charge is -2.29. The zero-order valence-electron chi connectivity index (χ0n) is 16.8. The van der Waals surface area contributed by atoms with Gasteiger partial charge in [0.2, 0.25) is 0 Å². The summed E-state index contributed by atoms with van der Waals surface area (Å²) in [4.78, 5) is 0. The molecule has 0 bridgehead atoms. The predicted octanol–water partition coefficient (Wildman–Crippen LogP) is 6.93. The van der Waals surface area contributed by atoms with Crippen molar-refractivity contribution in [2.24, 2.45) is 5.41 Å². The van der Waals surface area contributed by atoms with Crippen molar-refractivity contribution < 1.29 is 0 Å². The van der Waals surface area contributed by atoms with Crippen molar-refractivity contribution in [1.82, 2.24) is 0 Å². The zero-order chi connectivity index (χ0) is 21.0. The summed E-state index contributed by atoms with van der Waals surface area (Å²) in [6, 6.07) is 33.4. The molecule has 4 rings (SSSR count). The molecule has 0 amide bonds. The van der Waals surface area contributed by atoms with E-state index in [1.54, 1.807) is 0 Å². The van der Waals surface area contributed by atoms with Gasteiger partial charge in [-0.3, -0.25) is 0 Å². The molecule has 144 valence electrons. The smallest absolute Gasteiger partial charge is 0.154 e. The Balaban J connectivity index is 1.78. The summed E-state index contributed by atoms with van der Waals surface area (Å²) in [5.41, 5.74) is 0.809. The van der Waals surface area contributed by atoms with Crippen molar-refractivity contribution in [2.75, 3.05) is 0 Å². The summed E-state index contributed by atoms with van der Waals surface area (Å²) < 4.78 is 0. The number of fused-ring (bicyclic) bond motifs is 2. The van der Waals surface area contributed by atoms with Crippen LogP contribution < -0.4 is 0 Å². The lowest BCUT2D eigenvalue weighted by molar-refractivity contribution is 0.408. The summed E-state index contributed by atoms with van der Waals surface area (Å²) in [6.45, 7) is 3.90. The van der Waals surface area contributed by atoms with E-state index in [2.05, 4.69) is 67.2 Å². The molecular formula is C28H22N2. The first kappa shape index (κ1) is 19.4. The summed E-state index contributed by atoms with van der Waals surface area (Å²) >= 11 is 0. The van der Waals surface area contributed by atoms with E-state index in [0.717, 1.165) is 32.7 Å². The molecule has 0 aliphatic heterocycles. The fourth-order valence-electron chi connectivity index (χ4n) is 4.27. The van der Waals surface area contributed by atoms with Crippen LogP contribution in [0.1, 0.15) is 23.5 Å². The lowest BCUT2D eigenvalue weighted by atomic mass is 9.68. The maximum Gasteiger partial charge on any atom is 0.154 e. The minimum Gasteiger partial charge on any atom is -0.197 e. The number of hydrogen-bond acceptors (Lipinski definition) is 2. The van der Waals surface area contributed by atoms with Crippen LogP contribution in [0.25, 0.3) is 21.5 Å². The van der Waals surface area contributed by atoms with Crippen LogP contribution in [0, 0.1) is 28.1 Å². The van der Waals surface area contributed by atoms with Gasteiger partial charge in [-0.1, -0.05) is 91.0 Å². The SMILES string of the molecule is C=CCC(c1ccc2ccccc2c1)C(C#N)(C#N)Cc1ccc2ccccc2c1. The molecule has 1 atom stereocenters. The second-order valence-electron chi connectivity index (χ2n) is 7.74. The van der Waals surface area contributed by atoms with E-state index in [1.807, 2.05) is 42.5 Å². The van der Waals surface area contributed by atoms with E-state index in [-0.39, 0.29) is 5.92 Å². The minimum atomic E-state index is -1.18. The molecule has 0 saturated heterocycles. The Hall–Kier alpha value is -3.88. The molecule has 2 nitrogen and oxygen atoms in total. The normalized spacial score (nSPS) is 12.2. The molecule has 4 aromatic rings. The highest BCUT2D eigenvalue weighted by Crippen LogP contribution is 2.42. The Bertz CT molecular complexity index is 1290. The Labute approximate surface area is 177 Å². The lowest BCUT2D eigenvalue weighted by Crippen LogP contribution is -2.28. The predicted molar refractivity (Wildman–Crippen MR) is 123 cm³/mol. The second kappa shape index (κ2) is 8.24. The Morgan fingerprint density at radius 2 is 1.33 bits per heavy atom. The fourth-order valence-corrected chi connectivity index (χ4v) is 4.27. The van der Waals surface area contributed by atoms with E-state index in [4.69, 9.17) is 0 Å². The van der Waals surface area contributed by atoms with Gasteiger partial charge in [0.1, 0.15) is 0 Å². The van der Waals surface area contributed by atoms with Gasteiger partial charge in [-0.2, -0.15) is 10.5 Å². The molecular weight excluding hydrogens is 364 g/mol. The maximum absolute atomic E-state index is 10.2. The third-order valence-electron chi connectivity index (χ3n) is 5.87. The Morgan fingerprint density at radius 1 is 0.767 bits per heavy atom. The standard InChI is InChI=1S/C28H22N2/c1-2-7-27(26-15-14-23-9-4-6-11-25(23)17-26)28(19-29,20-30)18-21-12-13-22-8-3-5-10-24(22)16-21/h2-6,8-17,27H,1,7,18H2. The largest absolute Gasteiger partial charge is 0.197 e. The summed E-state index contributed by atoms with van der Waals surface area (Å²) in [5.74, 6) is -0.263. The molecule has 0 saturated carbocycles. The quantitative estimate of drug-likeness (QED) is 0.337. The Morgan fingerprint density at radius 3 is 1.93 bits per heavy atom. The van der Waals surface area contributed by atoms with Gasteiger partial charge in [0, 0.05) is 12.3 Å². The van der Waals surface area contributed by atoms with Crippen LogP contribution in [0.3, 0.4) is 0 Å². The van der Waals surface area contributed by atoms with Crippen molar-refractivity contribution in [3.63, 3.8) is 0 Å². The Kier molecular flexibility index (Phi) is 5.34. The molecule has 2 heteroatoms. The van der Waals surface area contributed by atoms with Crippen molar-refractivity contribution in [3.8, 4) is 12.1 Å². The van der Waals surface area contributed by atoms with Gasteiger partial charge in [-0.25, -0.2) is 0 Å². The average Bonchev–Trinajstić information content (AvgIpc) is 2.81. The van der Waals surface area contributed by atoms with Crippen LogP contribution in [0.4, 0.5) is 0 Å². The van der Waals surface area contributed by atoms with Gasteiger partial charge in [-0.15, -0.1) is 6.58 Å². The molecule has 1 unspecified atom stereocenters. The summed E-state index contributed by atoms with van der Waals surface area (Å²) in [5, 5.41) is 25.0. The highest BCUT2D eigenvalue weighted by molar-refractivity contribution is 5.84. The third-order valence-corrected chi connectivity index (χ3v) is 5.87. The van der Waals surface area contributed by atoms with Crippen LogP contribution in [0.2, 0.25) is 0 Å². The van der Waals surface area contributed by atoms with Crippen molar-refractivity contribution in [3.05, 3.63) is 109 Å². The van der Waals surface area contributed by atoms with Crippen molar-refractivity contribution in [2.45, 2.75) is 18.8 Å². The average molecular weight is 386 g/mol. The van der Waals surface area contributed by atoms with Gasteiger partial charge in [0.05, 0.1) is 12.1 Å². The van der Waals surface area contributed by atoms with Gasteiger partial charge >= 0.3 is 0 Å². The first-order valence-corrected chi connectivity index (χ1v) is 10.1. The monoisotopic (exact) mass is 386 g/mol. The van der Waals surface area contributed by atoms with Crippen LogP contribution in [0.15, 0.2) is 97.6 Å². The first-order valence-electron chi connectivity index (χ1n) is 10.1. The van der Waals surface area contributed by atoms with Crippen LogP contribution in [0.5, 0.6) is 0 Å². The van der Waals surface area contributed by atoms with Gasteiger partial charge in [-0.05, 0) is 39.1 Å². The number of nitrogens with zero attached hydrogens (tertiary/aromatic N) is 2. The van der Waals surface area contributed by atoms with Crippen LogP contribution >= 0.6 is 0 Å². The summed E-state index contributed by atoms with van der Waals surface area (Å²) in [7, 11) is 0. The third kappa shape index (κ3) is 3.57. The van der Waals surface area contributed by atoms with E-state index in [9.17, 15) is 10.5 Å². The van der Waals surface area contributed by atoms with Crippen LogP contribution in [-0.2, 0) is 6.42 Å². The highest BCUT2D eigenvalue weighted by atomic mass is 14.5. The molecule has 30 heavy (non-hydrogen) atoms. The van der Waals surface area contributed by atoms with E-state index >= 15 is 0 Å². The summed E-state index contributed by atoms with van der Waals surface area (Å²) in [6.07, 6.45) is 2.74. The highest BCUT2D eigenvalue weighted by Gasteiger charge is 2.40. The maximum atomic E-state index is 10.2. The van der Waals surface area contributed by atoms with Gasteiger partial charge < -0.3 is 0 Å². The van der Waals surface area contributed by atoms with Crippen molar-refractivity contribution >= 4 is 21.5 Å². The first-order chi connectivity index (χ1) is 14.7. The molecule has 0 aliphatic carbocycles. The zero-order valence-corrected chi connectivity index (χ0v) is 16.8. The molecule has 0 spiro atoms. The molecule has 0 aromatic heterocycles. The number of nitriles is 2. The topological polar surface area (TPSA) is 47.6 Å². The van der Waals surface area contributed by atoms with Crippen molar-refractivity contribution in [1.29, 1.82) is 10.5 Å². The fraction of sp³-hybridized carbons (Fsp3) is 0.143. The molecule has 0 N–H and O–H groups in total. The second-order valence-corrected chi connectivity index (χ2v) is 7.74. The molecule has 0 aliphatic rings. The molecule has 4 aromatic carbocycles. The molecule has 0 radical (unpaired) electrons. The number of allylic oxidation sites excluding steroid dienone is 1. The van der Waals surface area contributed by atoms with E-state index < -0.39 is 5.41 Å². The number of hydrogen-bond donors (Lipinski definition) is 0. The van der Waals surface area contributed by atoms with Crippen LogP contribution in [-0.4, -0.2) is 0 Å². The van der Waals surface area contributed by atoms with E-state index in [0.29, 0.717) is 12.8 Å². The van der Waals surface area contributed by atoms with Gasteiger partial charge in [0.25, 0.3) is 0 Å². The number of benzene rings is 4. The van der Waals surface area contributed by atoms with E-state index in [1.165, 1.54) is 0 Å².